The number of non-ortho nitro benzene ring substituents is 1. The van der Waals surface area contributed by atoms with Gasteiger partial charge in [-0.2, -0.15) is 18.3 Å². The van der Waals surface area contributed by atoms with Crippen molar-refractivity contribution in [3.63, 3.8) is 0 Å². The van der Waals surface area contributed by atoms with E-state index in [1.54, 1.807) is 12.1 Å². The minimum absolute atomic E-state index is 0.0253. The summed E-state index contributed by atoms with van der Waals surface area (Å²) in [5, 5.41) is 14.9. The summed E-state index contributed by atoms with van der Waals surface area (Å²) in [7, 11) is 0. The van der Waals surface area contributed by atoms with Gasteiger partial charge in [0.15, 0.2) is 23.0 Å². The minimum atomic E-state index is -4.63. The van der Waals surface area contributed by atoms with Crippen molar-refractivity contribution < 1.29 is 22.5 Å². The Morgan fingerprint density at radius 3 is 2.48 bits per heavy atom. The van der Waals surface area contributed by atoms with Crippen LogP contribution in [0, 0.1) is 10.1 Å². The van der Waals surface area contributed by atoms with Gasteiger partial charge in [-0.25, -0.2) is 15.0 Å². The standard InChI is InChI=1S/C19H11F3N6O3/c20-19(21,22)15-8-7-13-16(24-15)25-18(14-2-1-9-31-14)26-17(13)27-23-10-11-3-5-12(6-4-11)28(29)30/h1-10H,(H,24,25,26,27). The second kappa shape index (κ2) is 7.82. The lowest BCUT2D eigenvalue weighted by Gasteiger charge is -2.09. The number of nitro benzene ring substituents is 1. The number of hydrogen-bond acceptors (Lipinski definition) is 8. The maximum Gasteiger partial charge on any atom is 0.433 e. The first-order valence-corrected chi connectivity index (χ1v) is 8.65. The Hall–Kier alpha value is -4.35. The second-order valence-corrected chi connectivity index (χ2v) is 6.16. The quantitative estimate of drug-likeness (QED) is 0.279. The molecule has 4 aromatic rings. The molecule has 1 aromatic carbocycles. The van der Waals surface area contributed by atoms with Crippen LogP contribution in [0.2, 0.25) is 0 Å². The molecule has 3 aromatic heterocycles. The van der Waals surface area contributed by atoms with E-state index in [0.717, 1.165) is 6.07 Å². The zero-order chi connectivity index (χ0) is 22.0. The lowest BCUT2D eigenvalue weighted by Crippen LogP contribution is -2.09. The first-order valence-electron chi connectivity index (χ1n) is 8.65. The molecule has 0 aliphatic heterocycles. The molecule has 0 spiro atoms. The number of furan rings is 1. The highest BCUT2D eigenvalue weighted by molar-refractivity contribution is 5.89. The van der Waals surface area contributed by atoms with Crippen LogP contribution in [0.25, 0.3) is 22.6 Å². The van der Waals surface area contributed by atoms with E-state index in [4.69, 9.17) is 4.42 Å². The number of anilines is 1. The first-order chi connectivity index (χ1) is 14.8. The highest BCUT2D eigenvalue weighted by Crippen LogP contribution is 2.31. The number of halogens is 3. The van der Waals surface area contributed by atoms with Crippen LogP contribution in [0.15, 0.2) is 64.3 Å². The second-order valence-electron chi connectivity index (χ2n) is 6.16. The zero-order valence-electron chi connectivity index (χ0n) is 15.4. The van der Waals surface area contributed by atoms with Crippen LogP contribution >= 0.6 is 0 Å². The summed E-state index contributed by atoms with van der Waals surface area (Å²) in [5.74, 6) is 0.372. The molecule has 0 amide bonds. The van der Waals surface area contributed by atoms with Gasteiger partial charge in [0.25, 0.3) is 5.69 Å². The van der Waals surface area contributed by atoms with Crippen LogP contribution in [0.1, 0.15) is 11.3 Å². The summed E-state index contributed by atoms with van der Waals surface area (Å²) >= 11 is 0. The molecule has 0 fully saturated rings. The maximum atomic E-state index is 13.1. The normalized spacial score (nSPS) is 11.8. The molecule has 0 radical (unpaired) electrons. The van der Waals surface area contributed by atoms with Gasteiger partial charge in [0, 0.05) is 12.1 Å². The fourth-order valence-electron chi connectivity index (χ4n) is 2.62. The van der Waals surface area contributed by atoms with Crippen molar-refractivity contribution in [2.45, 2.75) is 6.18 Å². The zero-order valence-corrected chi connectivity index (χ0v) is 15.4. The number of nitrogens with one attached hydrogen (secondary N) is 1. The molecule has 0 bridgehead atoms. The Balaban J connectivity index is 1.70. The molecule has 1 N–H and O–H groups in total. The number of nitro groups is 1. The average Bonchev–Trinajstić information content (AvgIpc) is 3.28. The van der Waals surface area contributed by atoms with Gasteiger partial charge in [0.2, 0.25) is 0 Å². The Bertz CT molecular complexity index is 1270. The SMILES string of the molecule is O=[N+]([O-])c1ccc(C=NNc2nc(-c3ccco3)nc3nc(C(F)(F)F)ccc23)cc1. The van der Waals surface area contributed by atoms with Gasteiger partial charge in [-0.1, -0.05) is 0 Å². The molecule has 4 rings (SSSR count). The third kappa shape index (κ3) is 4.32. The number of fused-ring (bicyclic) bond motifs is 1. The topological polar surface area (TPSA) is 119 Å². The Labute approximate surface area is 171 Å². The van der Waals surface area contributed by atoms with Crippen LogP contribution in [-0.2, 0) is 6.18 Å². The fraction of sp³-hybridized carbons (Fsp3) is 0.0526. The highest BCUT2D eigenvalue weighted by atomic mass is 19.4. The number of aromatic nitrogens is 3. The van der Waals surface area contributed by atoms with E-state index in [2.05, 4.69) is 25.5 Å². The number of nitrogens with zero attached hydrogens (tertiary/aromatic N) is 5. The third-order valence-corrected chi connectivity index (χ3v) is 4.08. The van der Waals surface area contributed by atoms with E-state index in [1.807, 2.05) is 0 Å². The number of rotatable bonds is 5. The molecule has 156 valence electrons. The highest BCUT2D eigenvalue weighted by Gasteiger charge is 2.33. The van der Waals surface area contributed by atoms with Gasteiger partial charge < -0.3 is 4.42 Å². The summed E-state index contributed by atoms with van der Waals surface area (Å²) in [6, 6.07) is 10.8. The Morgan fingerprint density at radius 1 is 1.06 bits per heavy atom. The summed E-state index contributed by atoms with van der Waals surface area (Å²) in [6.07, 6.45) is -1.88. The molecule has 3 heterocycles. The van der Waals surface area contributed by atoms with Gasteiger partial charge in [-0.3, -0.25) is 15.5 Å². The predicted octanol–water partition coefficient (Wildman–Crippen LogP) is 4.66. The van der Waals surface area contributed by atoms with Crippen molar-refractivity contribution >= 4 is 28.8 Å². The summed E-state index contributed by atoms with van der Waals surface area (Å²) < 4.78 is 44.4. The monoisotopic (exact) mass is 428 g/mol. The number of pyridine rings is 1. The van der Waals surface area contributed by atoms with Crippen LogP contribution in [0.5, 0.6) is 0 Å². The van der Waals surface area contributed by atoms with Crippen LogP contribution in [0.3, 0.4) is 0 Å². The van der Waals surface area contributed by atoms with Crippen LogP contribution < -0.4 is 5.43 Å². The molecule has 0 unspecified atom stereocenters. The molecular weight excluding hydrogens is 417 g/mol. The van der Waals surface area contributed by atoms with Gasteiger partial charge in [-0.15, -0.1) is 0 Å². The number of alkyl halides is 3. The van der Waals surface area contributed by atoms with Crippen molar-refractivity contribution in [1.82, 2.24) is 15.0 Å². The van der Waals surface area contributed by atoms with E-state index in [1.165, 1.54) is 42.8 Å². The third-order valence-electron chi connectivity index (χ3n) is 4.08. The molecule has 0 saturated carbocycles. The van der Waals surface area contributed by atoms with Crippen molar-refractivity contribution in [2.75, 3.05) is 5.43 Å². The molecule has 0 aliphatic rings. The molecule has 0 atom stereocenters. The number of benzene rings is 1. The van der Waals surface area contributed by atoms with Crippen LogP contribution in [0.4, 0.5) is 24.7 Å². The lowest BCUT2D eigenvalue weighted by molar-refractivity contribution is -0.384. The van der Waals surface area contributed by atoms with E-state index in [9.17, 15) is 23.3 Å². The molecule has 0 saturated heterocycles. The summed E-state index contributed by atoms with van der Waals surface area (Å²) in [6.45, 7) is 0. The van der Waals surface area contributed by atoms with Gasteiger partial charge >= 0.3 is 6.18 Å². The Kier molecular flexibility index (Phi) is 5.03. The van der Waals surface area contributed by atoms with Crippen molar-refractivity contribution in [2.24, 2.45) is 5.10 Å². The number of hydrogen-bond donors (Lipinski definition) is 1. The van der Waals surface area contributed by atoms with Crippen LogP contribution in [-0.4, -0.2) is 26.1 Å². The van der Waals surface area contributed by atoms with Crippen molar-refractivity contribution in [3.8, 4) is 11.6 Å². The maximum absolute atomic E-state index is 13.1. The fourth-order valence-corrected chi connectivity index (χ4v) is 2.62. The van der Waals surface area contributed by atoms with E-state index in [-0.39, 0.29) is 34.1 Å². The molecular formula is C19H11F3N6O3. The molecule has 12 heteroatoms. The van der Waals surface area contributed by atoms with E-state index in [0.29, 0.717) is 5.56 Å². The van der Waals surface area contributed by atoms with Gasteiger partial charge in [0.05, 0.1) is 22.8 Å². The summed E-state index contributed by atoms with van der Waals surface area (Å²) in [4.78, 5) is 22.1. The van der Waals surface area contributed by atoms with Crippen molar-refractivity contribution in [1.29, 1.82) is 0 Å². The first kappa shape index (κ1) is 19.9. The lowest BCUT2D eigenvalue weighted by atomic mass is 10.2. The molecule has 0 aliphatic carbocycles. The summed E-state index contributed by atoms with van der Waals surface area (Å²) in [5.41, 5.74) is 1.86. The minimum Gasteiger partial charge on any atom is -0.461 e. The average molecular weight is 428 g/mol. The molecule has 9 nitrogen and oxygen atoms in total. The predicted molar refractivity (Wildman–Crippen MR) is 104 cm³/mol. The van der Waals surface area contributed by atoms with Gasteiger partial charge in [0.1, 0.15) is 5.69 Å². The van der Waals surface area contributed by atoms with Gasteiger partial charge in [-0.05, 0) is 42.0 Å². The van der Waals surface area contributed by atoms with E-state index < -0.39 is 16.8 Å². The number of hydrazone groups is 1. The smallest absolute Gasteiger partial charge is 0.433 e. The molecule has 31 heavy (non-hydrogen) atoms. The van der Waals surface area contributed by atoms with Crippen molar-refractivity contribution in [3.05, 3.63) is 76.2 Å². The van der Waals surface area contributed by atoms with E-state index >= 15 is 0 Å². The Morgan fingerprint density at radius 2 is 1.84 bits per heavy atom. The largest absolute Gasteiger partial charge is 0.461 e.